The molecule has 3 rings (SSSR count). The van der Waals surface area contributed by atoms with E-state index < -0.39 is 0 Å². The van der Waals surface area contributed by atoms with E-state index in [4.69, 9.17) is 4.74 Å². The summed E-state index contributed by atoms with van der Waals surface area (Å²) < 4.78 is 5.86. The molecule has 1 atom stereocenters. The normalized spacial score (nSPS) is 30.9. The minimum Gasteiger partial charge on any atom is -0.379 e. The van der Waals surface area contributed by atoms with Crippen LogP contribution in [-0.4, -0.2) is 56.2 Å². The lowest BCUT2D eigenvalue weighted by Crippen LogP contribution is -2.39. The molecule has 3 nitrogen and oxygen atoms in total. The Balaban J connectivity index is 1.67. The van der Waals surface area contributed by atoms with Gasteiger partial charge in [0, 0.05) is 31.6 Å². The lowest BCUT2D eigenvalue weighted by molar-refractivity contribution is 0.0730. The Morgan fingerprint density at radius 3 is 3.06 bits per heavy atom. The van der Waals surface area contributed by atoms with Gasteiger partial charge in [0.05, 0.1) is 13.2 Å². The molecule has 100 valence electrons. The van der Waals surface area contributed by atoms with Crippen molar-refractivity contribution in [2.45, 2.75) is 13.0 Å². The third kappa shape index (κ3) is 2.77. The molecule has 3 heterocycles. The molecule has 2 aliphatic rings. The van der Waals surface area contributed by atoms with Gasteiger partial charge in [-0.3, -0.25) is 4.90 Å². The van der Waals surface area contributed by atoms with Crippen LogP contribution in [0.1, 0.15) is 12.0 Å². The quantitative estimate of drug-likeness (QED) is 0.813. The first-order chi connectivity index (χ1) is 8.76. The molecular weight excluding hydrogens is 244 g/mol. The molecule has 1 spiro atoms. The van der Waals surface area contributed by atoms with Crippen LogP contribution in [0.3, 0.4) is 0 Å². The fourth-order valence-corrected chi connectivity index (χ4v) is 3.92. The Morgan fingerprint density at radius 2 is 2.33 bits per heavy atom. The number of ether oxygens (including phenoxy) is 1. The van der Waals surface area contributed by atoms with Crippen LogP contribution in [0.5, 0.6) is 0 Å². The molecule has 0 saturated carbocycles. The van der Waals surface area contributed by atoms with E-state index in [9.17, 15) is 0 Å². The molecule has 2 fully saturated rings. The van der Waals surface area contributed by atoms with E-state index >= 15 is 0 Å². The van der Waals surface area contributed by atoms with Crippen molar-refractivity contribution >= 4 is 11.3 Å². The highest BCUT2D eigenvalue weighted by molar-refractivity contribution is 7.07. The smallest absolute Gasteiger partial charge is 0.0593 e. The van der Waals surface area contributed by atoms with Crippen molar-refractivity contribution in [3.63, 3.8) is 0 Å². The minimum absolute atomic E-state index is 0.376. The number of hydrogen-bond acceptors (Lipinski definition) is 4. The molecule has 1 aromatic heterocycles. The first-order valence-corrected chi connectivity index (χ1v) is 7.70. The summed E-state index contributed by atoms with van der Waals surface area (Å²) in [7, 11) is 2.23. The van der Waals surface area contributed by atoms with Crippen LogP contribution in [0.2, 0.25) is 0 Å². The van der Waals surface area contributed by atoms with E-state index in [1.165, 1.54) is 31.6 Å². The van der Waals surface area contributed by atoms with Crippen LogP contribution >= 0.6 is 11.3 Å². The van der Waals surface area contributed by atoms with Crippen LogP contribution in [0, 0.1) is 5.41 Å². The summed E-state index contributed by atoms with van der Waals surface area (Å²) in [6.45, 7) is 7.57. The van der Waals surface area contributed by atoms with Crippen molar-refractivity contribution in [1.29, 1.82) is 0 Å². The van der Waals surface area contributed by atoms with Gasteiger partial charge in [-0.2, -0.15) is 11.3 Å². The fraction of sp³-hybridized carbons (Fsp3) is 0.714. The molecule has 4 heteroatoms. The van der Waals surface area contributed by atoms with E-state index in [0.717, 1.165) is 26.3 Å². The summed E-state index contributed by atoms with van der Waals surface area (Å²) in [6.07, 6.45) is 1.28. The Kier molecular flexibility index (Phi) is 3.71. The standard InChI is InChI=1S/C14H22N2OS/c1-15-4-3-14(10-15)11-16(5-6-17-12-14)8-13-2-7-18-9-13/h2,7,9H,3-6,8,10-12H2,1H3/t14-/m1/s1. The molecule has 2 aliphatic heterocycles. The van der Waals surface area contributed by atoms with E-state index in [0.29, 0.717) is 5.41 Å². The summed E-state index contributed by atoms with van der Waals surface area (Å²) in [4.78, 5) is 5.02. The number of nitrogens with zero attached hydrogens (tertiary/aromatic N) is 2. The van der Waals surface area contributed by atoms with Crippen LogP contribution in [0.15, 0.2) is 16.8 Å². The van der Waals surface area contributed by atoms with Crippen LogP contribution in [0.4, 0.5) is 0 Å². The zero-order valence-electron chi connectivity index (χ0n) is 11.1. The van der Waals surface area contributed by atoms with Crippen LogP contribution in [0.25, 0.3) is 0 Å². The molecule has 18 heavy (non-hydrogen) atoms. The predicted molar refractivity (Wildman–Crippen MR) is 75.0 cm³/mol. The maximum atomic E-state index is 5.86. The van der Waals surface area contributed by atoms with Crippen molar-refractivity contribution in [2.75, 3.05) is 46.4 Å². The van der Waals surface area contributed by atoms with Gasteiger partial charge in [0.2, 0.25) is 0 Å². The van der Waals surface area contributed by atoms with E-state index in [2.05, 4.69) is 33.7 Å². The SMILES string of the molecule is CN1CC[C@@]2(COCCN(Cc3ccsc3)C2)C1. The van der Waals surface area contributed by atoms with Crippen LogP contribution in [-0.2, 0) is 11.3 Å². The number of rotatable bonds is 2. The van der Waals surface area contributed by atoms with Gasteiger partial charge in [0.15, 0.2) is 0 Å². The first kappa shape index (κ1) is 12.6. The first-order valence-electron chi connectivity index (χ1n) is 6.76. The van der Waals surface area contributed by atoms with Crippen LogP contribution < -0.4 is 0 Å². The summed E-state index contributed by atoms with van der Waals surface area (Å²) in [5.41, 5.74) is 1.82. The third-order valence-electron chi connectivity index (χ3n) is 4.13. The Bertz CT molecular complexity index is 381. The zero-order valence-corrected chi connectivity index (χ0v) is 11.9. The largest absolute Gasteiger partial charge is 0.379 e. The van der Waals surface area contributed by atoms with Crippen molar-refractivity contribution in [3.8, 4) is 0 Å². The van der Waals surface area contributed by atoms with Gasteiger partial charge in [-0.1, -0.05) is 0 Å². The average molecular weight is 266 g/mol. The van der Waals surface area contributed by atoms with Crippen molar-refractivity contribution in [3.05, 3.63) is 22.4 Å². The highest BCUT2D eigenvalue weighted by Crippen LogP contribution is 2.33. The zero-order chi connectivity index (χ0) is 12.4. The molecule has 0 aliphatic carbocycles. The number of thiophene rings is 1. The lowest BCUT2D eigenvalue weighted by Gasteiger charge is -2.31. The monoisotopic (exact) mass is 266 g/mol. The summed E-state index contributed by atoms with van der Waals surface area (Å²) in [5, 5.41) is 4.43. The fourth-order valence-electron chi connectivity index (χ4n) is 3.26. The van der Waals surface area contributed by atoms with Gasteiger partial charge < -0.3 is 9.64 Å². The van der Waals surface area contributed by atoms with Crippen molar-refractivity contribution in [1.82, 2.24) is 9.80 Å². The topological polar surface area (TPSA) is 15.7 Å². The van der Waals surface area contributed by atoms with E-state index in [1.54, 1.807) is 11.3 Å². The van der Waals surface area contributed by atoms with Crippen molar-refractivity contribution in [2.24, 2.45) is 5.41 Å². The van der Waals surface area contributed by atoms with Gasteiger partial charge in [-0.25, -0.2) is 0 Å². The molecule has 0 N–H and O–H groups in total. The summed E-state index contributed by atoms with van der Waals surface area (Å²) in [6, 6.07) is 2.24. The second kappa shape index (κ2) is 5.29. The Hall–Kier alpha value is -0.420. The maximum absolute atomic E-state index is 5.86. The molecule has 1 aromatic rings. The second-order valence-corrected chi connectivity index (χ2v) is 6.66. The molecule has 0 unspecified atom stereocenters. The maximum Gasteiger partial charge on any atom is 0.0593 e. The predicted octanol–water partition coefficient (Wildman–Crippen LogP) is 1.90. The number of hydrogen-bond donors (Lipinski definition) is 0. The third-order valence-corrected chi connectivity index (χ3v) is 4.87. The van der Waals surface area contributed by atoms with Gasteiger partial charge in [0.1, 0.15) is 0 Å². The second-order valence-electron chi connectivity index (χ2n) is 5.88. The molecule has 0 radical (unpaired) electrons. The molecule has 2 saturated heterocycles. The van der Waals surface area contributed by atoms with Gasteiger partial charge in [-0.05, 0) is 42.4 Å². The molecular formula is C14H22N2OS. The van der Waals surface area contributed by atoms with Gasteiger partial charge >= 0.3 is 0 Å². The molecule has 0 bridgehead atoms. The summed E-state index contributed by atoms with van der Waals surface area (Å²) in [5.74, 6) is 0. The molecule has 0 amide bonds. The Morgan fingerprint density at radius 1 is 1.39 bits per heavy atom. The highest BCUT2D eigenvalue weighted by atomic mass is 32.1. The average Bonchev–Trinajstić information content (AvgIpc) is 2.90. The van der Waals surface area contributed by atoms with Crippen molar-refractivity contribution < 1.29 is 4.74 Å². The summed E-state index contributed by atoms with van der Waals surface area (Å²) >= 11 is 1.79. The lowest BCUT2D eigenvalue weighted by atomic mass is 9.87. The van der Waals surface area contributed by atoms with Gasteiger partial charge in [-0.15, -0.1) is 0 Å². The Labute approximate surface area is 113 Å². The van der Waals surface area contributed by atoms with E-state index in [1.807, 2.05) is 0 Å². The van der Waals surface area contributed by atoms with E-state index in [-0.39, 0.29) is 0 Å². The highest BCUT2D eigenvalue weighted by Gasteiger charge is 2.39. The molecule has 0 aromatic carbocycles. The van der Waals surface area contributed by atoms with Gasteiger partial charge in [0.25, 0.3) is 0 Å². The minimum atomic E-state index is 0.376. The number of likely N-dealkylation sites (tertiary alicyclic amines) is 1.